The molecule has 138 valence electrons. The van der Waals surface area contributed by atoms with E-state index in [-0.39, 0.29) is 12.7 Å². The van der Waals surface area contributed by atoms with E-state index in [4.69, 9.17) is 28.4 Å². The molecule has 3 saturated heterocycles. The fraction of sp³-hybridized carbons (Fsp3) is 0.833. The maximum atomic E-state index is 12.3. The summed E-state index contributed by atoms with van der Waals surface area (Å²) < 4.78 is 36.3. The molecule has 5 rings (SSSR count). The average Bonchev–Trinajstić information content (AvgIpc) is 3.10. The van der Waals surface area contributed by atoms with Crippen LogP contribution in [0.15, 0.2) is 12.2 Å². The Morgan fingerprint density at radius 2 is 1.80 bits per heavy atom. The summed E-state index contributed by atoms with van der Waals surface area (Å²) in [6.07, 6.45) is 4.07. The predicted molar refractivity (Wildman–Crippen MR) is 83.3 cm³/mol. The fourth-order valence-corrected chi connectivity index (χ4v) is 4.24. The highest BCUT2D eigenvalue weighted by molar-refractivity contribution is 5.87. The minimum Gasteiger partial charge on any atom is -0.450 e. The van der Waals surface area contributed by atoms with Gasteiger partial charge in [0.1, 0.15) is 18.8 Å². The third kappa shape index (κ3) is 2.33. The second kappa shape index (κ2) is 5.27. The van der Waals surface area contributed by atoms with E-state index in [2.05, 4.69) is 6.58 Å². The molecule has 0 aromatic rings. The molecule has 0 unspecified atom stereocenters. The van der Waals surface area contributed by atoms with Crippen molar-refractivity contribution in [3.63, 3.8) is 0 Å². The smallest absolute Gasteiger partial charge is 0.333 e. The third-order valence-electron chi connectivity index (χ3n) is 6.02. The fourth-order valence-electron chi connectivity index (χ4n) is 4.24. The Labute approximate surface area is 146 Å². The number of fused-ring (bicyclic) bond motifs is 1. The maximum Gasteiger partial charge on any atom is 0.333 e. The minimum atomic E-state index is -1.13. The van der Waals surface area contributed by atoms with E-state index in [1.54, 1.807) is 6.92 Å². The van der Waals surface area contributed by atoms with Gasteiger partial charge in [0.2, 0.25) is 5.79 Å². The third-order valence-corrected chi connectivity index (χ3v) is 6.02. The lowest BCUT2D eigenvalue weighted by molar-refractivity contribution is -0.345. The molecule has 0 bridgehead atoms. The number of rotatable bonds is 2. The Kier molecular flexibility index (Phi) is 3.41. The van der Waals surface area contributed by atoms with Gasteiger partial charge in [-0.3, -0.25) is 0 Å². The molecule has 25 heavy (non-hydrogen) atoms. The zero-order valence-electron chi connectivity index (χ0n) is 14.5. The van der Waals surface area contributed by atoms with Crippen LogP contribution in [0.5, 0.6) is 0 Å². The SMILES string of the molecule is C=C(C)C(=O)O[C@H]1[C@@H]2OC3(CCC3)O[C@@H]2CO[C@]12COC1(CCC1)O2. The molecule has 0 aromatic heterocycles. The molecular formula is C18H24O7. The van der Waals surface area contributed by atoms with Crippen LogP contribution < -0.4 is 0 Å². The summed E-state index contributed by atoms with van der Waals surface area (Å²) in [7, 11) is 0. The van der Waals surface area contributed by atoms with Crippen molar-refractivity contribution in [2.24, 2.45) is 0 Å². The van der Waals surface area contributed by atoms with Gasteiger partial charge in [-0.2, -0.15) is 0 Å². The zero-order valence-corrected chi connectivity index (χ0v) is 14.5. The van der Waals surface area contributed by atoms with Gasteiger partial charge in [0, 0.05) is 31.3 Å². The van der Waals surface area contributed by atoms with Gasteiger partial charge in [0.05, 0.1) is 6.61 Å². The molecule has 2 saturated carbocycles. The van der Waals surface area contributed by atoms with Gasteiger partial charge < -0.3 is 28.4 Å². The first-order valence-electron chi connectivity index (χ1n) is 9.15. The monoisotopic (exact) mass is 352 g/mol. The Balaban J connectivity index is 1.44. The van der Waals surface area contributed by atoms with Crippen LogP contribution in [-0.4, -0.2) is 54.9 Å². The highest BCUT2D eigenvalue weighted by Gasteiger charge is 2.68. The number of carbonyl (C=O) groups is 1. The van der Waals surface area contributed by atoms with Crippen molar-refractivity contribution in [3.8, 4) is 0 Å². The van der Waals surface area contributed by atoms with Crippen LogP contribution >= 0.6 is 0 Å². The summed E-state index contributed by atoms with van der Waals surface area (Å²) in [5, 5.41) is 0. The van der Waals surface area contributed by atoms with Gasteiger partial charge in [-0.15, -0.1) is 0 Å². The first-order valence-corrected chi connectivity index (χ1v) is 9.15. The van der Waals surface area contributed by atoms with Gasteiger partial charge in [0.15, 0.2) is 17.7 Å². The lowest BCUT2D eigenvalue weighted by Crippen LogP contribution is -2.63. The van der Waals surface area contributed by atoms with Crippen LogP contribution in [0.25, 0.3) is 0 Å². The summed E-state index contributed by atoms with van der Waals surface area (Å²) in [5.41, 5.74) is 0.326. The largest absolute Gasteiger partial charge is 0.450 e. The van der Waals surface area contributed by atoms with Gasteiger partial charge in [0.25, 0.3) is 0 Å². The van der Waals surface area contributed by atoms with Gasteiger partial charge >= 0.3 is 5.97 Å². The molecule has 0 radical (unpaired) electrons. The van der Waals surface area contributed by atoms with E-state index < -0.39 is 35.5 Å². The van der Waals surface area contributed by atoms with E-state index in [9.17, 15) is 4.79 Å². The quantitative estimate of drug-likeness (QED) is 0.554. The van der Waals surface area contributed by atoms with E-state index >= 15 is 0 Å². The summed E-state index contributed by atoms with van der Waals surface area (Å²) in [5.74, 6) is -2.77. The summed E-state index contributed by atoms with van der Waals surface area (Å²) in [6, 6.07) is 0. The van der Waals surface area contributed by atoms with Gasteiger partial charge in [-0.1, -0.05) is 6.58 Å². The first kappa shape index (κ1) is 16.2. The van der Waals surface area contributed by atoms with E-state index in [1.165, 1.54) is 0 Å². The second-order valence-corrected chi connectivity index (χ2v) is 7.89. The number of ether oxygens (including phenoxy) is 6. The molecule has 7 heteroatoms. The Bertz CT molecular complexity index is 601. The topological polar surface area (TPSA) is 72.5 Å². The van der Waals surface area contributed by atoms with E-state index in [0.29, 0.717) is 12.2 Å². The molecule has 7 nitrogen and oxygen atoms in total. The standard InChI is InChI=1S/C18H24O7/c1-11(2)15(19)22-14-13-12(23-17(24-13)7-4-8-17)9-20-18(14)10-21-16(25-18)5-3-6-16/h12-14H,1,3-10H2,2H3/t12-,13-,14+,18+/m1/s1. The Morgan fingerprint density at radius 1 is 1.08 bits per heavy atom. The van der Waals surface area contributed by atoms with Gasteiger partial charge in [-0.25, -0.2) is 4.79 Å². The molecule has 3 heterocycles. The van der Waals surface area contributed by atoms with Crippen molar-refractivity contribution in [2.75, 3.05) is 13.2 Å². The van der Waals surface area contributed by atoms with Crippen LogP contribution in [0.4, 0.5) is 0 Å². The number of carbonyl (C=O) groups excluding carboxylic acids is 1. The average molecular weight is 352 g/mol. The zero-order chi connectivity index (χ0) is 17.3. The van der Waals surface area contributed by atoms with Gasteiger partial charge in [-0.05, 0) is 19.8 Å². The molecule has 0 amide bonds. The Morgan fingerprint density at radius 3 is 2.36 bits per heavy atom. The minimum absolute atomic E-state index is 0.223. The second-order valence-electron chi connectivity index (χ2n) is 7.89. The van der Waals surface area contributed by atoms with Crippen LogP contribution in [-0.2, 0) is 33.2 Å². The molecule has 3 aliphatic heterocycles. The molecule has 0 aromatic carbocycles. The Hall–Kier alpha value is -0.990. The van der Waals surface area contributed by atoms with Crippen LogP contribution in [0.2, 0.25) is 0 Å². The van der Waals surface area contributed by atoms with E-state index in [1.807, 2.05) is 0 Å². The molecule has 4 atom stereocenters. The van der Waals surface area contributed by atoms with Crippen molar-refractivity contribution in [2.45, 2.75) is 81.1 Å². The molecule has 2 aliphatic carbocycles. The van der Waals surface area contributed by atoms with Crippen molar-refractivity contribution in [1.82, 2.24) is 0 Å². The first-order chi connectivity index (χ1) is 12.0. The molecular weight excluding hydrogens is 328 g/mol. The van der Waals surface area contributed by atoms with Crippen LogP contribution in [0, 0.1) is 0 Å². The van der Waals surface area contributed by atoms with Crippen molar-refractivity contribution in [1.29, 1.82) is 0 Å². The number of hydrogen-bond donors (Lipinski definition) is 0. The summed E-state index contributed by atoms with van der Waals surface area (Å²) in [6.45, 7) is 5.86. The number of esters is 1. The van der Waals surface area contributed by atoms with Crippen LogP contribution in [0.3, 0.4) is 0 Å². The summed E-state index contributed by atoms with van der Waals surface area (Å²) in [4.78, 5) is 12.3. The summed E-state index contributed by atoms with van der Waals surface area (Å²) >= 11 is 0. The molecule has 5 aliphatic rings. The predicted octanol–water partition coefficient (Wildman–Crippen LogP) is 1.79. The van der Waals surface area contributed by atoms with Crippen molar-refractivity contribution >= 4 is 5.97 Å². The highest BCUT2D eigenvalue weighted by atomic mass is 16.9. The van der Waals surface area contributed by atoms with Crippen LogP contribution in [0.1, 0.15) is 45.4 Å². The lowest BCUT2D eigenvalue weighted by atomic mass is 9.91. The molecule has 0 N–H and O–H groups in total. The molecule has 5 fully saturated rings. The van der Waals surface area contributed by atoms with Crippen molar-refractivity contribution in [3.05, 3.63) is 12.2 Å². The number of hydrogen-bond acceptors (Lipinski definition) is 7. The maximum absolute atomic E-state index is 12.3. The highest BCUT2D eigenvalue weighted by Crippen LogP contribution is 2.53. The normalized spacial score (nSPS) is 42.8. The lowest BCUT2D eigenvalue weighted by Gasteiger charge is -2.45. The van der Waals surface area contributed by atoms with Crippen molar-refractivity contribution < 1.29 is 33.2 Å². The van der Waals surface area contributed by atoms with E-state index in [0.717, 1.165) is 38.5 Å². The molecule has 3 spiro atoms.